The molecule has 0 heterocycles. The molecule has 0 aromatic carbocycles. The topological polar surface area (TPSA) is 89.9 Å². The van der Waals surface area contributed by atoms with Crippen LogP contribution in [0.15, 0.2) is 23.3 Å². The first-order valence-corrected chi connectivity index (χ1v) is 12.9. The Balaban J connectivity index is 0.000000191. The standard InChI is InChI=1S/C14H22O3.C14H20O3/c2*1-4-10-12(16)8-11-13(17-9(2)15)6-5-7-14(10,11)3/h4,11-13,16H,5-8H2,1-3H3;4,11,13H,5-8H2,1-3H3/b2*10-4+/t11?,12-,13-,14+;11?,13-,14+/m00/s1. The summed E-state index contributed by atoms with van der Waals surface area (Å²) < 4.78 is 10.8. The quantitative estimate of drug-likeness (QED) is 0.341. The van der Waals surface area contributed by atoms with Gasteiger partial charge in [0.2, 0.25) is 0 Å². The third-order valence-corrected chi connectivity index (χ3v) is 8.95. The number of ketones is 1. The van der Waals surface area contributed by atoms with Gasteiger partial charge in [0.25, 0.3) is 0 Å². The minimum atomic E-state index is -0.355. The Morgan fingerprint density at radius 2 is 1.44 bits per heavy atom. The van der Waals surface area contributed by atoms with E-state index in [2.05, 4.69) is 13.8 Å². The zero-order valence-corrected chi connectivity index (χ0v) is 21.7. The van der Waals surface area contributed by atoms with Crippen LogP contribution in [0.5, 0.6) is 0 Å². The number of allylic oxidation sites excluding steroid dienone is 3. The van der Waals surface area contributed by atoms with Crippen molar-refractivity contribution >= 4 is 17.7 Å². The average Bonchev–Trinajstić information content (AvgIpc) is 3.16. The number of hydrogen-bond donors (Lipinski definition) is 1. The Morgan fingerprint density at radius 1 is 0.912 bits per heavy atom. The predicted molar refractivity (Wildman–Crippen MR) is 130 cm³/mol. The molecule has 34 heavy (non-hydrogen) atoms. The lowest BCUT2D eigenvalue weighted by Gasteiger charge is -2.41. The van der Waals surface area contributed by atoms with Crippen LogP contribution in [-0.2, 0) is 23.9 Å². The van der Waals surface area contributed by atoms with Crippen LogP contribution in [0, 0.1) is 22.7 Å². The van der Waals surface area contributed by atoms with Gasteiger partial charge in [0, 0.05) is 37.5 Å². The van der Waals surface area contributed by atoms with E-state index >= 15 is 0 Å². The monoisotopic (exact) mass is 474 g/mol. The van der Waals surface area contributed by atoms with Crippen molar-refractivity contribution in [2.45, 2.75) is 111 Å². The molecular formula is C28H42O6. The average molecular weight is 475 g/mol. The molecule has 0 bridgehead atoms. The van der Waals surface area contributed by atoms with Crippen LogP contribution in [0.4, 0.5) is 0 Å². The van der Waals surface area contributed by atoms with Crippen molar-refractivity contribution in [2.75, 3.05) is 0 Å². The van der Waals surface area contributed by atoms with E-state index in [0.29, 0.717) is 6.42 Å². The molecule has 0 amide bonds. The summed E-state index contributed by atoms with van der Waals surface area (Å²) in [5.74, 6) is 0.252. The summed E-state index contributed by atoms with van der Waals surface area (Å²) >= 11 is 0. The van der Waals surface area contributed by atoms with E-state index in [0.717, 1.165) is 56.1 Å². The van der Waals surface area contributed by atoms with E-state index in [9.17, 15) is 19.5 Å². The van der Waals surface area contributed by atoms with Gasteiger partial charge in [0.15, 0.2) is 5.78 Å². The molecule has 7 atom stereocenters. The summed E-state index contributed by atoms with van der Waals surface area (Å²) in [5, 5.41) is 10.1. The van der Waals surface area contributed by atoms with Crippen molar-refractivity contribution < 1.29 is 29.0 Å². The Hall–Kier alpha value is -1.95. The molecule has 0 aliphatic heterocycles. The second-order valence-corrected chi connectivity index (χ2v) is 11.0. The van der Waals surface area contributed by atoms with Gasteiger partial charge in [-0.3, -0.25) is 14.4 Å². The van der Waals surface area contributed by atoms with Crippen LogP contribution >= 0.6 is 0 Å². The highest BCUT2D eigenvalue weighted by atomic mass is 16.5. The molecule has 0 spiro atoms. The number of carbonyl (C=O) groups excluding carboxylic acids is 3. The van der Waals surface area contributed by atoms with E-state index in [1.807, 2.05) is 26.0 Å². The van der Waals surface area contributed by atoms with E-state index in [1.165, 1.54) is 13.8 Å². The summed E-state index contributed by atoms with van der Waals surface area (Å²) in [4.78, 5) is 34.3. The first-order valence-electron chi connectivity index (χ1n) is 12.9. The molecule has 4 saturated carbocycles. The fourth-order valence-electron chi connectivity index (χ4n) is 7.49. The van der Waals surface area contributed by atoms with Gasteiger partial charge in [-0.1, -0.05) is 26.0 Å². The van der Waals surface area contributed by atoms with Gasteiger partial charge in [-0.2, -0.15) is 0 Å². The number of hydrogen-bond acceptors (Lipinski definition) is 6. The highest BCUT2D eigenvalue weighted by Crippen LogP contribution is 2.56. The smallest absolute Gasteiger partial charge is 0.302 e. The Bertz CT molecular complexity index is 872. The normalized spacial score (nSPS) is 41.4. The molecule has 4 fully saturated rings. The van der Waals surface area contributed by atoms with Gasteiger partial charge in [-0.15, -0.1) is 0 Å². The minimum Gasteiger partial charge on any atom is -0.462 e. The third kappa shape index (κ3) is 4.89. The van der Waals surface area contributed by atoms with Gasteiger partial charge < -0.3 is 14.6 Å². The SMILES string of the molecule is C/C=C1\C(=O)CC2[C@@H](OC(C)=O)CCC[C@]12C.C/C=C1\[C@@H](O)CC2[C@@H](OC(C)=O)CCC[C@]12C. The summed E-state index contributed by atoms with van der Waals surface area (Å²) in [6.45, 7) is 11.2. The third-order valence-electron chi connectivity index (χ3n) is 8.95. The zero-order valence-electron chi connectivity index (χ0n) is 21.7. The number of carbonyl (C=O) groups is 3. The lowest BCUT2D eigenvalue weighted by atomic mass is 9.66. The van der Waals surface area contributed by atoms with Gasteiger partial charge >= 0.3 is 11.9 Å². The van der Waals surface area contributed by atoms with E-state index in [4.69, 9.17) is 9.47 Å². The number of fused-ring (bicyclic) bond motifs is 2. The largest absolute Gasteiger partial charge is 0.462 e. The summed E-state index contributed by atoms with van der Waals surface area (Å²) in [6, 6.07) is 0. The van der Waals surface area contributed by atoms with Crippen molar-refractivity contribution in [3.63, 3.8) is 0 Å². The van der Waals surface area contributed by atoms with Crippen molar-refractivity contribution in [1.29, 1.82) is 0 Å². The van der Waals surface area contributed by atoms with Crippen molar-refractivity contribution in [3.05, 3.63) is 23.3 Å². The van der Waals surface area contributed by atoms with Crippen LogP contribution in [0.25, 0.3) is 0 Å². The molecule has 4 aliphatic carbocycles. The lowest BCUT2D eigenvalue weighted by molar-refractivity contribution is -0.154. The van der Waals surface area contributed by atoms with Crippen LogP contribution < -0.4 is 0 Å². The number of aliphatic hydroxyl groups is 1. The first-order chi connectivity index (χ1) is 16.0. The molecule has 0 saturated heterocycles. The molecule has 0 aromatic rings. The lowest BCUT2D eigenvalue weighted by Crippen LogP contribution is -2.39. The second-order valence-electron chi connectivity index (χ2n) is 11.0. The molecule has 0 aromatic heterocycles. The number of Topliss-reactive ketones (excluding diaryl/α,β-unsaturated/α-hetero) is 1. The highest BCUT2D eigenvalue weighted by Gasteiger charge is 2.54. The van der Waals surface area contributed by atoms with Crippen LogP contribution in [0.1, 0.15) is 92.9 Å². The molecule has 6 heteroatoms. The Kier molecular flexibility index (Phi) is 8.11. The van der Waals surface area contributed by atoms with E-state index in [-0.39, 0.29) is 58.7 Å². The molecule has 4 aliphatic rings. The maximum Gasteiger partial charge on any atom is 0.302 e. The second kappa shape index (κ2) is 10.3. The number of rotatable bonds is 2. The van der Waals surface area contributed by atoms with Crippen LogP contribution in [-0.4, -0.2) is 41.1 Å². The summed E-state index contributed by atoms with van der Waals surface area (Å²) in [7, 11) is 0. The molecule has 6 nitrogen and oxygen atoms in total. The maximum absolute atomic E-state index is 12.0. The molecule has 2 unspecified atom stereocenters. The predicted octanol–water partition coefficient (Wildman–Crippen LogP) is 5.08. The van der Waals surface area contributed by atoms with Crippen LogP contribution in [0.2, 0.25) is 0 Å². The molecule has 1 N–H and O–H groups in total. The number of ether oxygens (including phenoxy) is 2. The van der Waals surface area contributed by atoms with E-state index < -0.39 is 0 Å². The van der Waals surface area contributed by atoms with Gasteiger partial charge in [-0.25, -0.2) is 0 Å². The Morgan fingerprint density at radius 3 is 1.94 bits per heavy atom. The molecular weight excluding hydrogens is 432 g/mol. The number of aliphatic hydroxyl groups excluding tert-OH is 1. The fraction of sp³-hybridized carbons (Fsp3) is 0.750. The van der Waals surface area contributed by atoms with Crippen molar-refractivity contribution in [3.8, 4) is 0 Å². The van der Waals surface area contributed by atoms with E-state index in [1.54, 1.807) is 0 Å². The summed E-state index contributed by atoms with van der Waals surface area (Å²) in [6.07, 6.45) is 10.8. The van der Waals surface area contributed by atoms with Crippen molar-refractivity contribution in [2.24, 2.45) is 22.7 Å². The van der Waals surface area contributed by atoms with Gasteiger partial charge in [0.05, 0.1) is 6.10 Å². The number of esters is 2. The van der Waals surface area contributed by atoms with Crippen molar-refractivity contribution in [1.82, 2.24) is 0 Å². The maximum atomic E-state index is 12.0. The minimum absolute atomic E-state index is 0.0154. The van der Waals surface area contributed by atoms with Gasteiger partial charge in [0.1, 0.15) is 12.2 Å². The first kappa shape index (κ1) is 26.7. The van der Waals surface area contributed by atoms with Gasteiger partial charge in [-0.05, 0) is 75.4 Å². The van der Waals surface area contributed by atoms with Crippen LogP contribution in [0.3, 0.4) is 0 Å². The highest BCUT2D eigenvalue weighted by molar-refractivity contribution is 5.99. The molecule has 190 valence electrons. The molecule has 0 radical (unpaired) electrons. The zero-order chi connectivity index (χ0) is 25.3. The fourth-order valence-corrected chi connectivity index (χ4v) is 7.49. The summed E-state index contributed by atoms with van der Waals surface area (Å²) in [5.41, 5.74) is 2.02. The Labute approximate surface area is 204 Å². The molecule has 4 rings (SSSR count).